The number of nitrogens with zero attached hydrogens (tertiary/aromatic N) is 2. The number of rotatable bonds is 2. The fourth-order valence-corrected chi connectivity index (χ4v) is 2.64. The highest BCUT2D eigenvalue weighted by Crippen LogP contribution is 2.36. The largest absolute Gasteiger partial charge is 0.493 e. The van der Waals surface area contributed by atoms with E-state index in [4.69, 9.17) is 4.74 Å². The van der Waals surface area contributed by atoms with Gasteiger partial charge in [-0.2, -0.15) is 10.2 Å². The summed E-state index contributed by atoms with van der Waals surface area (Å²) >= 11 is 0. The first-order valence-electron chi connectivity index (χ1n) is 6.90. The molecule has 20 heavy (non-hydrogen) atoms. The highest BCUT2D eigenvalue weighted by Gasteiger charge is 2.22. The third-order valence-corrected chi connectivity index (χ3v) is 3.69. The molecule has 0 saturated carbocycles. The summed E-state index contributed by atoms with van der Waals surface area (Å²) in [7, 11) is 0. The molecule has 0 fully saturated rings. The van der Waals surface area contributed by atoms with E-state index in [1.807, 2.05) is 32.0 Å². The first-order chi connectivity index (χ1) is 9.66. The van der Waals surface area contributed by atoms with Gasteiger partial charge in [-0.15, -0.1) is 0 Å². The highest BCUT2D eigenvalue weighted by molar-refractivity contribution is 5.47. The van der Waals surface area contributed by atoms with Gasteiger partial charge < -0.3 is 9.84 Å². The van der Waals surface area contributed by atoms with Crippen molar-refractivity contribution in [1.82, 2.24) is 10.2 Å². The monoisotopic (exact) mass is 270 g/mol. The summed E-state index contributed by atoms with van der Waals surface area (Å²) in [6, 6.07) is 7.84. The van der Waals surface area contributed by atoms with Gasteiger partial charge in [-0.25, -0.2) is 0 Å². The molecule has 1 aliphatic heterocycles. The summed E-state index contributed by atoms with van der Waals surface area (Å²) < 4.78 is 5.77. The Morgan fingerprint density at radius 3 is 2.90 bits per heavy atom. The first-order valence-corrected chi connectivity index (χ1v) is 6.90. The maximum Gasteiger partial charge on any atom is 0.128 e. The average molecular weight is 270 g/mol. The van der Waals surface area contributed by atoms with E-state index in [0.29, 0.717) is 6.61 Å². The minimum absolute atomic E-state index is 0.712. The van der Waals surface area contributed by atoms with Crippen LogP contribution in [0, 0.1) is 13.8 Å². The van der Waals surface area contributed by atoms with Crippen LogP contribution in [0.2, 0.25) is 0 Å². The molecular weight excluding hydrogens is 252 g/mol. The third-order valence-electron chi connectivity index (χ3n) is 3.69. The Bertz CT molecular complexity index is 640. The van der Waals surface area contributed by atoms with E-state index in [1.54, 1.807) is 0 Å². The van der Waals surface area contributed by atoms with Gasteiger partial charge in [0.2, 0.25) is 0 Å². The third kappa shape index (κ3) is 2.27. The summed E-state index contributed by atoms with van der Waals surface area (Å²) in [4.78, 5) is 0. The second-order valence-electron chi connectivity index (χ2n) is 5.22. The van der Waals surface area contributed by atoms with Crippen LogP contribution < -0.4 is 4.74 Å². The minimum Gasteiger partial charge on any atom is -0.493 e. The number of aromatic nitrogens is 2. The maximum atomic E-state index is 10.7. The Kier molecular flexibility index (Phi) is 3.40. The molecule has 0 bridgehead atoms. The number of aliphatic hydroxyl groups excluding tert-OH is 1. The predicted octanol–water partition coefficient (Wildman–Crippen LogP) is 2.50. The molecule has 0 spiro atoms. The zero-order chi connectivity index (χ0) is 14.1. The molecule has 104 valence electrons. The van der Waals surface area contributed by atoms with Gasteiger partial charge in [-0.05, 0) is 38.3 Å². The molecule has 0 saturated heterocycles. The van der Waals surface area contributed by atoms with E-state index in [1.165, 1.54) is 5.56 Å². The molecule has 0 amide bonds. The summed E-state index contributed by atoms with van der Waals surface area (Å²) in [6.45, 7) is 4.45. The molecule has 0 aliphatic carbocycles. The number of aryl methyl sites for hydroxylation is 3. The molecule has 1 aliphatic rings. The zero-order valence-corrected chi connectivity index (χ0v) is 11.8. The summed E-state index contributed by atoms with van der Waals surface area (Å²) in [6.07, 6.45) is 1.31. The van der Waals surface area contributed by atoms with Crippen molar-refractivity contribution < 1.29 is 9.84 Å². The van der Waals surface area contributed by atoms with Gasteiger partial charge in [-0.1, -0.05) is 18.2 Å². The average Bonchev–Trinajstić information content (AvgIpc) is 2.48. The fraction of sp³-hybridized carbons (Fsp3) is 0.375. The van der Waals surface area contributed by atoms with Crippen molar-refractivity contribution in [3.63, 3.8) is 0 Å². The van der Waals surface area contributed by atoms with Crippen molar-refractivity contribution in [1.29, 1.82) is 0 Å². The lowest BCUT2D eigenvalue weighted by atomic mass is 9.95. The van der Waals surface area contributed by atoms with Gasteiger partial charge in [0.15, 0.2) is 0 Å². The molecule has 1 aromatic heterocycles. The zero-order valence-electron chi connectivity index (χ0n) is 11.8. The molecule has 0 radical (unpaired) electrons. The van der Waals surface area contributed by atoms with Gasteiger partial charge in [0.25, 0.3) is 0 Å². The summed E-state index contributed by atoms with van der Waals surface area (Å²) in [5, 5.41) is 18.8. The Balaban J connectivity index is 2.06. The molecule has 2 heterocycles. The van der Waals surface area contributed by atoms with Gasteiger partial charge in [0.05, 0.1) is 18.0 Å². The van der Waals surface area contributed by atoms with E-state index in [0.717, 1.165) is 41.1 Å². The lowest BCUT2D eigenvalue weighted by Gasteiger charge is -2.23. The Morgan fingerprint density at radius 2 is 2.05 bits per heavy atom. The van der Waals surface area contributed by atoms with Crippen LogP contribution >= 0.6 is 0 Å². The molecule has 1 unspecified atom stereocenters. The Morgan fingerprint density at radius 1 is 1.20 bits per heavy atom. The molecule has 1 N–H and O–H groups in total. The molecule has 4 nitrogen and oxygen atoms in total. The van der Waals surface area contributed by atoms with Crippen molar-refractivity contribution in [3.8, 4) is 5.75 Å². The van der Waals surface area contributed by atoms with Gasteiger partial charge in [-0.3, -0.25) is 0 Å². The predicted molar refractivity (Wildman–Crippen MR) is 75.8 cm³/mol. The van der Waals surface area contributed by atoms with Crippen molar-refractivity contribution in [3.05, 3.63) is 52.3 Å². The van der Waals surface area contributed by atoms with Gasteiger partial charge in [0.1, 0.15) is 11.9 Å². The number of benzene rings is 1. The fourth-order valence-electron chi connectivity index (χ4n) is 2.64. The SMILES string of the molecule is Cc1cc(C(O)c2cccc3c2OCCC3)c(C)nn1. The Labute approximate surface area is 118 Å². The maximum absolute atomic E-state index is 10.7. The number of ether oxygens (including phenoxy) is 1. The van der Waals surface area contributed by atoms with Crippen molar-refractivity contribution in [2.24, 2.45) is 0 Å². The first kappa shape index (κ1) is 13.1. The normalized spacial score (nSPS) is 15.3. The molecule has 1 atom stereocenters. The van der Waals surface area contributed by atoms with Crippen LogP contribution in [0.5, 0.6) is 5.75 Å². The minimum atomic E-state index is -0.725. The molecule has 4 heteroatoms. The number of fused-ring (bicyclic) bond motifs is 1. The van der Waals surface area contributed by atoms with E-state index >= 15 is 0 Å². The molecule has 2 aromatic rings. The van der Waals surface area contributed by atoms with E-state index < -0.39 is 6.10 Å². The van der Waals surface area contributed by atoms with Gasteiger partial charge in [0, 0.05) is 11.1 Å². The number of para-hydroxylation sites is 1. The lowest BCUT2D eigenvalue weighted by molar-refractivity contribution is 0.205. The smallest absolute Gasteiger partial charge is 0.128 e. The summed E-state index contributed by atoms with van der Waals surface area (Å²) in [5.41, 5.74) is 4.33. The number of aliphatic hydroxyl groups is 1. The van der Waals surface area contributed by atoms with E-state index in [9.17, 15) is 5.11 Å². The topological polar surface area (TPSA) is 55.2 Å². The summed E-state index contributed by atoms with van der Waals surface area (Å²) in [5.74, 6) is 0.833. The molecule has 3 rings (SSSR count). The lowest BCUT2D eigenvalue weighted by Crippen LogP contribution is -2.13. The van der Waals surface area contributed by atoms with Crippen molar-refractivity contribution >= 4 is 0 Å². The molecule has 1 aromatic carbocycles. The van der Waals surface area contributed by atoms with Crippen LogP contribution in [0.1, 0.15) is 40.6 Å². The van der Waals surface area contributed by atoms with Crippen LogP contribution in [-0.2, 0) is 6.42 Å². The Hall–Kier alpha value is -1.94. The number of hydrogen-bond donors (Lipinski definition) is 1. The van der Waals surface area contributed by atoms with E-state index in [-0.39, 0.29) is 0 Å². The van der Waals surface area contributed by atoms with Crippen molar-refractivity contribution in [2.75, 3.05) is 6.61 Å². The van der Waals surface area contributed by atoms with Crippen LogP contribution in [0.25, 0.3) is 0 Å². The van der Waals surface area contributed by atoms with Crippen molar-refractivity contribution in [2.45, 2.75) is 32.8 Å². The standard InChI is InChI=1S/C16H18N2O2/c1-10-9-14(11(2)18-17-10)15(19)13-7-3-5-12-6-4-8-20-16(12)13/h3,5,7,9,15,19H,4,6,8H2,1-2H3. The van der Waals surface area contributed by atoms with Crippen LogP contribution in [0.15, 0.2) is 24.3 Å². The quantitative estimate of drug-likeness (QED) is 0.911. The van der Waals surface area contributed by atoms with Crippen LogP contribution in [-0.4, -0.2) is 21.9 Å². The molecular formula is C16H18N2O2. The second-order valence-corrected chi connectivity index (χ2v) is 5.22. The second kappa shape index (κ2) is 5.21. The van der Waals surface area contributed by atoms with Crippen LogP contribution in [0.3, 0.4) is 0 Å². The van der Waals surface area contributed by atoms with Crippen LogP contribution in [0.4, 0.5) is 0 Å². The van der Waals surface area contributed by atoms with E-state index in [2.05, 4.69) is 16.3 Å². The number of hydrogen-bond acceptors (Lipinski definition) is 4. The van der Waals surface area contributed by atoms with Gasteiger partial charge >= 0.3 is 0 Å². The highest BCUT2D eigenvalue weighted by atomic mass is 16.5.